The van der Waals surface area contributed by atoms with Gasteiger partial charge in [0.1, 0.15) is 0 Å². The standard InChI is InChI=1S/C11H13N5O/c17-11(15-7-8-5-12-6-8)9-10-14-2-4-16(10)3-1-13-9/h1-4,8,12H,5-7H2,(H,15,17). The third-order valence-electron chi connectivity index (χ3n) is 2.94. The van der Waals surface area contributed by atoms with Crippen molar-refractivity contribution in [3.8, 4) is 0 Å². The largest absolute Gasteiger partial charge is 0.350 e. The lowest BCUT2D eigenvalue weighted by Gasteiger charge is -2.26. The van der Waals surface area contributed by atoms with Crippen LogP contribution in [0.5, 0.6) is 0 Å². The molecule has 1 amide bonds. The Bertz CT molecular complexity index is 546. The lowest BCUT2D eigenvalue weighted by Crippen LogP contribution is -2.48. The third-order valence-corrected chi connectivity index (χ3v) is 2.94. The Morgan fingerprint density at radius 3 is 2.88 bits per heavy atom. The first-order valence-corrected chi connectivity index (χ1v) is 5.61. The van der Waals surface area contributed by atoms with Crippen LogP contribution in [-0.4, -0.2) is 39.9 Å². The fourth-order valence-corrected chi connectivity index (χ4v) is 1.83. The second kappa shape index (κ2) is 4.14. The maximum absolute atomic E-state index is 12.0. The number of carbonyl (C=O) groups is 1. The number of hydrogen-bond acceptors (Lipinski definition) is 4. The van der Waals surface area contributed by atoms with Crippen LogP contribution in [-0.2, 0) is 0 Å². The van der Waals surface area contributed by atoms with Crippen LogP contribution in [0.1, 0.15) is 10.5 Å². The van der Waals surface area contributed by atoms with Crippen molar-refractivity contribution in [3.63, 3.8) is 0 Å². The quantitative estimate of drug-likeness (QED) is 0.759. The van der Waals surface area contributed by atoms with Gasteiger partial charge >= 0.3 is 0 Å². The fraction of sp³-hybridized carbons (Fsp3) is 0.364. The van der Waals surface area contributed by atoms with Gasteiger partial charge in [0.15, 0.2) is 11.3 Å². The number of rotatable bonds is 3. The molecule has 2 N–H and O–H groups in total. The van der Waals surface area contributed by atoms with Gasteiger partial charge in [-0.15, -0.1) is 0 Å². The monoisotopic (exact) mass is 231 g/mol. The maximum atomic E-state index is 12.0. The Balaban J connectivity index is 1.77. The van der Waals surface area contributed by atoms with Crippen LogP contribution in [0.15, 0.2) is 24.8 Å². The molecule has 0 bridgehead atoms. The molecule has 2 aromatic heterocycles. The number of imidazole rings is 1. The van der Waals surface area contributed by atoms with Crippen LogP contribution < -0.4 is 10.6 Å². The number of fused-ring (bicyclic) bond motifs is 1. The Morgan fingerprint density at radius 1 is 1.41 bits per heavy atom. The highest BCUT2D eigenvalue weighted by Gasteiger charge is 2.19. The molecule has 6 heteroatoms. The van der Waals surface area contributed by atoms with Crippen molar-refractivity contribution in [2.24, 2.45) is 5.92 Å². The number of amides is 1. The van der Waals surface area contributed by atoms with Gasteiger partial charge in [-0.1, -0.05) is 0 Å². The molecule has 1 saturated heterocycles. The summed E-state index contributed by atoms with van der Waals surface area (Å²) in [5, 5.41) is 6.05. The van der Waals surface area contributed by atoms with Crippen LogP contribution in [0, 0.1) is 5.92 Å². The summed E-state index contributed by atoms with van der Waals surface area (Å²) >= 11 is 0. The average molecular weight is 231 g/mol. The van der Waals surface area contributed by atoms with Gasteiger partial charge in [-0.25, -0.2) is 9.97 Å². The van der Waals surface area contributed by atoms with Gasteiger partial charge in [0, 0.05) is 50.3 Å². The summed E-state index contributed by atoms with van der Waals surface area (Å²) in [4.78, 5) is 20.2. The summed E-state index contributed by atoms with van der Waals surface area (Å²) < 4.78 is 1.78. The molecule has 0 aromatic carbocycles. The summed E-state index contributed by atoms with van der Waals surface area (Å²) in [5.41, 5.74) is 0.974. The molecule has 0 saturated carbocycles. The highest BCUT2D eigenvalue weighted by molar-refractivity contribution is 5.97. The Kier molecular flexibility index (Phi) is 2.49. The molecule has 17 heavy (non-hydrogen) atoms. The highest BCUT2D eigenvalue weighted by Crippen LogP contribution is 2.06. The molecule has 6 nitrogen and oxygen atoms in total. The minimum Gasteiger partial charge on any atom is -0.350 e. The van der Waals surface area contributed by atoms with E-state index in [1.54, 1.807) is 29.2 Å². The van der Waals surface area contributed by atoms with Crippen molar-refractivity contribution >= 4 is 11.6 Å². The van der Waals surface area contributed by atoms with E-state index in [0.29, 0.717) is 23.8 Å². The zero-order chi connectivity index (χ0) is 11.7. The van der Waals surface area contributed by atoms with Gasteiger partial charge in [0.05, 0.1) is 0 Å². The minimum atomic E-state index is -0.159. The topological polar surface area (TPSA) is 71.3 Å². The molecule has 88 valence electrons. The van der Waals surface area contributed by atoms with Crippen molar-refractivity contribution in [1.29, 1.82) is 0 Å². The Hall–Kier alpha value is -1.95. The predicted octanol–water partition coefficient (Wildman–Crippen LogP) is -0.321. The first-order valence-electron chi connectivity index (χ1n) is 5.61. The van der Waals surface area contributed by atoms with E-state index >= 15 is 0 Å². The van der Waals surface area contributed by atoms with Crippen molar-refractivity contribution in [2.75, 3.05) is 19.6 Å². The van der Waals surface area contributed by atoms with Crippen LogP contribution in [0.2, 0.25) is 0 Å². The molecule has 3 rings (SSSR count). The van der Waals surface area contributed by atoms with Crippen molar-refractivity contribution < 1.29 is 4.79 Å². The number of hydrogen-bond donors (Lipinski definition) is 2. The zero-order valence-corrected chi connectivity index (χ0v) is 9.26. The van der Waals surface area contributed by atoms with Gasteiger partial charge in [-0.3, -0.25) is 4.79 Å². The second-order valence-corrected chi connectivity index (χ2v) is 4.17. The molecular weight excluding hydrogens is 218 g/mol. The maximum Gasteiger partial charge on any atom is 0.273 e. The predicted molar refractivity (Wildman–Crippen MR) is 61.7 cm³/mol. The Morgan fingerprint density at radius 2 is 2.18 bits per heavy atom. The number of aromatic nitrogens is 3. The van der Waals surface area contributed by atoms with Crippen LogP contribution in [0.3, 0.4) is 0 Å². The summed E-state index contributed by atoms with van der Waals surface area (Å²) in [6.45, 7) is 2.64. The van der Waals surface area contributed by atoms with Gasteiger partial charge < -0.3 is 15.0 Å². The zero-order valence-electron chi connectivity index (χ0n) is 9.26. The normalized spacial score (nSPS) is 15.8. The molecule has 1 aliphatic rings. The molecule has 1 fully saturated rings. The molecule has 3 heterocycles. The van der Waals surface area contributed by atoms with Gasteiger partial charge in [-0.05, 0) is 0 Å². The van der Waals surface area contributed by atoms with Gasteiger partial charge in [0.25, 0.3) is 5.91 Å². The van der Waals surface area contributed by atoms with Crippen molar-refractivity contribution in [2.45, 2.75) is 0 Å². The minimum absolute atomic E-state index is 0.159. The lowest BCUT2D eigenvalue weighted by atomic mass is 10.0. The number of carbonyl (C=O) groups excluding carboxylic acids is 1. The Labute approximate surface area is 98.1 Å². The molecule has 0 radical (unpaired) electrons. The molecule has 2 aromatic rings. The van der Waals surface area contributed by atoms with E-state index in [4.69, 9.17) is 0 Å². The average Bonchev–Trinajstić information content (AvgIpc) is 2.74. The van der Waals surface area contributed by atoms with Gasteiger partial charge in [-0.2, -0.15) is 0 Å². The molecule has 0 aliphatic carbocycles. The van der Waals surface area contributed by atoms with Crippen molar-refractivity contribution in [3.05, 3.63) is 30.5 Å². The summed E-state index contributed by atoms with van der Waals surface area (Å²) in [5.74, 6) is 0.382. The van der Waals surface area contributed by atoms with E-state index in [-0.39, 0.29) is 5.91 Å². The van der Waals surface area contributed by atoms with Crippen LogP contribution >= 0.6 is 0 Å². The molecule has 0 spiro atoms. The SMILES string of the molecule is O=C(NCC1CNC1)c1nccn2ccnc12. The molecule has 0 unspecified atom stereocenters. The van der Waals surface area contributed by atoms with E-state index in [1.165, 1.54) is 0 Å². The smallest absolute Gasteiger partial charge is 0.273 e. The summed E-state index contributed by atoms with van der Waals surface area (Å²) in [7, 11) is 0. The molecular formula is C11H13N5O. The highest BCUT2D eigenvalue weighted by atomic mass is 16.1. The second-order valence-electron chi connectivity index (χ2n) is 4.17. The van der Waals surface area contributed by atoms with E-state index < -0.39 is 0 Å². The van der Waals surface area contributed by atoms with E-state index in [9.17, 15) is 4.79 Å². The van der Waals surface area contributed by atoms with E-state index in [0.717, 1.165) is 13.1 Å². The summed E-state index contributed by atoms with van der Waals surface area (Å²) in [6.07, 6.45) is 6.83. The van der Waals surface area contributed by atoms with E-state index in [2.05, 4.69) is 20.6 Å². The van der Waals surface area contributed by atoms with Crippen LogP contribution in [0.25, 0.3) is 5.65 Å². The van der Waals surface area contributed by atoms with Crippen LogP contribution in [0.4, 0.5) is 0 Å². The molecule has 0 atom stereocenters. The third kappa shape index (κ3) is 1.87. The van der Waals surface area contributed by atoms with E-state index in [1.807, 2.05) is 0 Å². The fourth-order valence-electron chi connectivity index (χ4n) is 1.83. The summed E-state index contributed by atoms with van der Waals surface area (Å²) in [6, 6.07) is 0. The first-order chi connectivity index (χ1) is 8.34. The number of nitrogens with zero attached hydrogens (tertiary/aromatic N) is 3. The van der Waals surface area contributed by atoms with Crippen molar-refractivity contribution in [1.82, 2.24) is 25.0 Å². The first kappa shape index (κ1) is 10.2. The van der Waals surface area contributed by atoms with Gasteiger partial charge in [0.2, 0.25) is 0 Å². The number of nitrogens with one attached hydrogen (secondary N) is 2. The molecule has 1 aliphatic heterocycles. The lowest BCUT2D eigenvalue weighted by molar-refractivity contribution is 0.0938.